The number of benzene rings is 2. The van der Waals surface area contributed by atoms with Crippen molar-refractivity contribution in [1.29, 1.82) is 0 Å². The van der Waals surface area contributed by atoms with Gasteiger partial charge in [0.05, 0.1) is 5.02 Å². The first-order valence-electron chi connectivity index (χ1n) is 8.99. The Balaban J connectivity index is 2.14. The predicted molar refractivity (Wildman–Crippen MR) is 112 cm³/mol. The third-order valence-corrected chi connectivity index (χ3v) is 4.57. The van der Waals surface area contributed by atoms with Crippen LogP contribution in [-0.2, 0) is 16.1 Å². The summed E-state index contributed by atoms with van der Waals surface area (Å²) in [6.45, 7) is 5.50. The minimum atomic E-state index is -0.653. The molecule has 1 unspecified atom stereocenters. The smallest absolute Gasteiger partial charge is 0.261 e. The largest absolute Gasteiger partial charge is 0.482 e. The number of amides is 2. The molecule has 0 aliphatic rings. The number of carbonyl (C=O) groups is 2. The van der Waals surface area contributed by atoms with Crippen LogP contribution in [0, 0.1) is 0 Å². The van der Waals surface area contributed by atoms with E-state index in [-0.39, 0.29) is 24.5 Å². The Bertz CT molecular complexity index is 813. The van der Waals surface area contributed by atoms with Gasteiger partial charge >= 0.3 is 0 Å². The molecule has 1 atom stereocenters. The van der Waals surface area contributed by atoms with Crippen LogP contribution in [0.15, 0.2) is 48.5 Å². The number of ether oxygens (including phenoxy) is 1. The zero-order chi connectivity index (χ0) is 20.7. The summed E-state index contributed by atoms with van der Waals surface area (Å²) >= 11 is 12.0. The molecule has 0 radical (unpaired) electrons. The highest BCUT2D eigenvalue weighted by molar-refractivity contribution is 6.35. The lowest BCUT2D eigenvalue weighted by atomic mass is 10.1. The third-order valence-electron chi connectivity index (χ3n) is 4.04. The second-order valence-corrected chi connectivity index (χ2v) is 7.55. The van der Waals surface area contributed by atoms with E-state index in [1.54, 1.807) is 25.1 Å². The Hall–Kier alpha value is -2.24. The summed E-state index contributed by atoms with van der Waals surface area (Å²) in [5.74, 6) is -0.177. The van der Waals surface area contributed by atoms with Gasteiger partial charge in [0.25, 0.3) is 5.91 Å². The van der Waals surface area contributed by atoms with Crippen molar-refractivity contribution in [2.45, 2.75) is 39.4 Å². The van der Waals surface area contributed by atoms with E-state index in [2.05, 4.69) is 5.32 Å². The van der Waals surface area contributed by atoms with Crippen molar-refractivity contribution in [1.82, 2.24) is 10.2 Å². The lowest BCUT2D eigenvalue weighted by Crippen LogP contribution is -2.50. The van der Waals surface area contributed by atoms with Gasteiger partial charge in [-0.2, -0.15) is 0 Å². The lowest BCUT2D eigenvalue weighted by molar-refractivity contribution is -0.142. The maximum absolute atomic E-state index is 12.9. The Morgan fingerprint density at radius 2 is 1.75 bits per heavy atom. The van der Waals surface area contributed by atoms with E-state index in [4.69, 9.17) is 27.9 Å². The Morgan fingerprint density at radius 1 is 1.07 bits per heavy atom. The van der Waals surface area contributed by atoms with E-state index >= 15 is 0 Å². The van der Waals surface area contributed by atoms with Gasteiger partial charge in [0.15, 0.2) is 6.61 Å². The lowest BCUT2D eigenvalue weighted by Gasteiger charge is -2.29. The minimum Gasteiger partial charge on any atom is -0.482 e. The van der Waals surface area contributed by atoms with E-state index in [0.29, 0.717) is 22.3 Å². The molecule has 0 saturated carbocycles. The molecule has 0 heterocycles. The van der Waals surface area contributed by atoms with Crippen molar-refractivity contribution in [3.8, 4) is 5.75 Å². The fourth-order valence-electron chi connectivity index (χ4n) is 2.58. The average Bonchev–Trinajstić information content (AvgIpc) is 2.65. The van der Waals surface area contributed by atoms with E-state index in [1.807, 2.05) is 44.2 Å². The predicted octanol–water partition coefficient (Wildman–Crippen LogP) is 4.31. The number of nitrogens with one attached hydrogen (secondary N) is 1. The molecule has 2 amide bonds. The zero-order valence-electron chi connectivity index (χ0n) is 16.1. The molecule has 2 aromatic carbocycles. The molecule has 0 fully saturated rings. The topological polar surface area (TPSA) is 58.6 Å². The fraction of sp³-hybridized carbons (Fsp3) is 0.333. The number of halogens is 2. The van der Waals surface area contributed by atoms with Gasteiger partial charge in [0, 0.05) is 17.6 Å². The Morgan fingerprint density at radius 3 is 2.36 bits per heavy atom. The van der Waals surface area contributed by atoms with Crippen molar-refractivity contribution >= 4 is 35.0 Å². The SMILES string of the molecule is CC(C)NC(=O)C(C)N(Cc1ccccc1)C(=O)COc1ccc(Cl)cc1Cl. The average molecular weight is 423 g/mol. The molecule has 0 spiro atoms. The van der Waals surface area contributed by atoms with Crippen LogP contribution in [-0.4, -0.2) is 35.4 Å². The second-order valence-electron chi connectivity index (χ2n) is 6.71. The van der Waals surface area contributed by atoms with E-state index in [9.17, 15) is 9.59 Å². The van der Waals surface area contributed by atoms with E-state index in [0.717, 1.165) is 5.56 Å². The molecule has 5 nitrogen and oxygen atoms in total. The first-order chi connectivity index (χ1) is 13.3. The van der Waals surface area contributed by atoms with Gasteiger partial charge in [0.2, 0.25) is 5.91 Å². The molecule has 7 heteroatoms. The van der Waals surface area contributed by atoms with Gasteiger partial charge in [-0.3, -0.25) is 9.59 Å². The van der Waals surface area contributed by atoms with Crippen molar-refractivity contribution in [3.63, 3.8) is 0 Å². The standard InChI is InChI=1S/C21H24Cl2N2O3/c1-14(2)24-21(27)15(3)25(12-16-7-5-4-6-8-16)20(26)13-28-19-10-9-17(22)11-18(19)23/h4-11,14-15H,12-13H2,1-3H3,(H,24,27). The van der Waals surface area contributed by atoms with Gasteiger partial charge in [-0.1, -0.05) is 53.5 Å². The molecule has 0 aliphatic carbocycles. The maximum atomic E-state index is 12.9. The van der Waals surface area contributed by atoms with Crippen LogP contribution >= 0.6 is 23.2 Å². The van der Waals surface area contributed by atoms with Gasteiger partial charge < -0.3 is 15.0 Å². The molecule has 2 aromatic rings. The minimum absolute atomic E-state index is 0.0206. The highest BCUT2D eigenvalue weighted by Crippen LogP contribution is 2.27. The molecule has 0 bridgehead atoms. The summed E-state index contributed by atoms with van der Waals surface area (Å²) in [6, 6.07) is 13.6. The first-order valence-corrected chi connectivity index (χ1v) is 9.75. The van der Waals surface area contributed by atoms with Crippen molar-refractivity contribution in [2.24, 2.45) is 0 Å². The molecule has 0 saturated heterocycles. The van der Waals surface area contributed by atoms with Crippen LogP contribution in [0.5, 0.6) is 5.75 Å². The molecule has 28 heavy (non-hydrogen) atoms. The molecular weight excluding hydrogens is 399 g/mol. The number of carbonyl (C=O) groups excluding carboxylic acids is 2. The number of hydrogen-bond acceptors (Lipinski definition) is 3. The van der Waals surface area contributed by atoms with E-state index < -0.39 is 6.04 Å². The first kappa shape index (κ1) is 22.1. The Labute approximate surface area is 175 Å². The highest BCUT2D eigenvalue weighted by atomic mass is 35.5. The number of hydrogen-bond donors (Lipinski definition) is 1. The molecule has 1 N–H and O–H groups in total. The monoisotopic (exact) mass is 422 g/mol. The summed E-state index contributed by atoms with van der Waals surface area (Å²) in [4.78, 5) is 26.9. The third kappa shape index (κ3) is 6.43. The van der Waals surface area contributed by atoms with Gasteiger partial charge in [-0.05, 0) is 44.5 Å². The van der Waals surface area contributed by atoms with Crippen LogP contribution in [0.25, 0.3) is 0 Å². The summed E-state index contributed by atoms with van der Waals surface area (Å²) < 4.78 is 5.57. The Kier molecular flexibility index (Phi) is 8.15. The van der Waals surface area contributed by atoms with Crippen LogP contribution in [0.3, 0.4) is 0 Å². The van der Waals surface area contributed by atoms with Crippen molar-refractivity contribution in [2.75, 3.05) is 6.61 Å². The summed E-state index contributed by atoms with van der Waals surface area (Å²) in [5.41, 5.74) is 0.921. The van der Waals surface area contributed by atoms with Crippen LogP contribution in [0.4, 0.5) is 0 Å². The molecule has 2 rings (SSSR count). The van der Waals surface area contributed by atoms with Crippen molar-refractivity contribution < 1.29 is 14.3 Å². The van der Waals surface area contributed by atoms with Crippen molar-refractivity contribution in [3.05, 3.63) is 64.1 Å². The number of nitrogens with zero attached hydrogens (tertiary/aromatic N) is 1. The second kappa shape index (κ2) is 10.3. The fourth-order valence-corrected chi connectivity index (χ4v) is 3.05. The van der Waals surface area contributed by atoms with E-state index in [1.165, 1.54) is 4.90 Å². The number of rotatable bonds is 8. The molecular formula is C21H24Cl2N2O3. The quantitative estimate of drug-likeness (QED) is 0.688. The van der Waals surface area contributed by atoms with Crippen LogP contribution in [0.2, 0.25) is 10.0 Å². The molecule has 0 aliphatic heterocycles. The normalized spacial score (nSPS) is 11.8. The van der Waals surface area contributed by atoms with Gasteiger partial charge in [0.1, 0.15) is 11.8 Å². The van der Waals surface area contributed by atoms with Crippen LogP contribution < -0.4 is 10.1 Å². The molecule has 0 aromatic heterocycles. The summed E-state index contributed by atoms with van der Waals surface area (Å²) in [5, 5.41) is 3.64. The summed E-state index contributed by atoms with van der Waals surface area (Å²) in [6.07, 6.45) is 0. The maximum Gasteiger partial charge on any atom is 0.261 e. The summed E-state index contributed by atoms with van der Waals surface area (Å²) in [7, 11) is 0. The van der Waals surface area contributed by atoms with Crippen LogP contribution in [0.1, 0.15) is 26.3 Å². The highest BCUT2D eigenvalue weighted by Gasteiger charge is 2.27. The van der Waals surface area contributed by atoms with Gasteiger partial charge in [-0.15, -0.1) is 0 Å². The molecule has 150 valence electrons. The van der Waals surface area contributed by atoms with Gasteiger partial charge in [-0.25, -0.2) is 0 Å². The zero-order valence-corrected chi connectivity index (χ0v) is 17.6.